The summed E-state index contributed by atoms with van der Waals surface area (Å²) >= 11 is 5.38. The second-order valence-electron chi connectivity index (χ2n) is 4.97. The van der Waals surface area contributed by atoms with E-state index in [9.17, 15) is 4.79 Å². The fraction of sp³-hybridized carbons (Fsp3) is 0.176. The topological polar surface area (TPSA) is 65.5 Å². The lowest BCUT2D eigenvalue weighted by Crippen LogP contribution is -2.21. The molecule has 1 heterocycles. The zero-order chi connectivity index (χ0) is 17.3. The van der Waals surface area contributed by atoms with Gasteiger partial charge in [-0.05, 0) is 30.4 Å². The van der Waals surface area contributed by atoms with Gasteiger partial charge in [0.2, 0.25) is 5.75 Å². The Kier molecular flexibility index (Phi) is 4.26. The van der Waals surface area contributed by atoms with Crippen molar-refractivity contribution >= 4 is 23.1 Å². The number of ether oxygens (including phenoxy) is 3. The molecule has 24 heavy (non-hydrogen) atoms. The van der Waals surface area contributed by atoms with Crippen LogP contribution in [-0.2, 0) is 0 Å². The summed E-state index contributed by atoms with van der Waals surface area (Å²) < 4.78 is 17.8. The SMILES string of the molecule is COc1cc2c(=O)n(-c3ccccc3)c(=S)[nH]c2c(OC)c1OC. The Balaban J connectivity index is 2.46. The van der Waals surface area contributed by atoms with Crippen molar-refractivity contribution in [1.82, 2.24) is 9.55 Å². The number of H-pyrrole nitrogens is 1. The normalized spacial score (nSPS) is 10.6. The summed E-state index contributed by atoms with van der Waals surface area (Å²) in [6.07, 6.45) is 0. The molecular formula is C17H16N2O4S. The van der Waals surface area contributed by atoms with Crippen molar-refractivity contribution < 1.29 is 14.2 Å². The number of benzene rings is 2. The highest BCUT2D eigenvalue weighted by Crippen LogP contribution is 2.41. The van der Waals surface area contributed by atoms with Gasteiger partial charge in [-0.3, -0.25) is 9.36 Å². The van der Waals surface area contributed by atoms with E-state index in [1.165, 1.54) is 25.9 Å². The van der Waals surface area contributed by atoms with Gasteiger partial charge < -0.3 is 19.2 Å². The molecule has 1 N–H and O–H groups in total. The largest absolute Gasteiger partial charge is 0.493 e. The Hall–Kier alpha value is -2.80. The third-order valence-corrected chi connectivity index (χ3v) is 4.00. The number of hydrogen-bond donors (Lipinski definition) is 1. The number of aromatic amines is 1. The summed E-state index contributed by atoms with van der Waals surface area (Å²) in [5, 5.41) is 0.391. The average molecular weight is 344 g/mol. The minimum atomic E-state index is -0.265. The fourth-order valence-electron chi connectivity index (χ4n) is 2.64. The summed E-state index contributed by atoms with van der Waals surface area (Å²) in [6.45, 7) is 0. The van der Waals surface area contributed by atoms with Gasteiger partial charge in [-0.15, -0.1) is 0 Å². The van der Waals surface area contributed by atoms with Crippen LogP contribution < -0.4 is 19.8 Å². The summed E-state index contributed by atoms with van der Waals surface area (Å²) in [6, 6.07) is 10.8. The van der Waals surface area contributed by atoms with Crippen molar-refractivity contribution in [1.29, 1.82) is 0 Å². The zero-order valence-electron chi connectivity index (χ0n) is 13.5. The van der Waals surface area contributed by atoms with Crippen molar-refractivity contribution in [2.24, 2.45) is 0 Å². The molecule has 0 unspecified atom stereocenters. The monoisotopic (exact) mass is 344 g/mol. The molecule has 6 nitrogen and oxygen atoms in total. The number of para-hydroxylation sites is 1. The van der Waals surface area contributed by atoms with E-state index in [4.69, 9.17) is 26.4 Å². The number of hydrogen-bond acceptors (Lipinski definition) is 5. The molecule has 124 valence electrons. The number of fused-ring (bicyclic) bond motifs is 1. The molecule has 0 saturated carbocycles. The Morgan fingerprint density at radius 1 is 1.00 bits per heavy atom. The maximum Gasteiger partial charge on any atom is 0.267 e. The third kappa shape index (κ3) is 2.43. The van der Waals surface area contributed by atoms with E-state index in [1.807, 2.05) is 30.3 Å². The summed E-state index contributed by atoms with van der Waals surface area (Å²) in [7, 11) is 4.51. The lowest BCUT2D eigenvalue weighted by Gasteiger charge is -2.15. The smallest absolute Gasteiger partial charge is 0.267 e. The van der Waals surface area contributed by atoms with Crippen LogP contribution in [0.15, 0.2) is 41.2 Å². The van der Waals surface area contributed by atoms with Gasteiger partial charge in [-0.1, -0.05) is 18.2 Å². The number of methoxy groups -OCH3 is 3. The molecule has 0 atom stereocenters. The van der Waals surface area contributed by atoms with Crippen LogP contribution in [0.1, 0.15) is 0 Å². The van der Waals surface area contributed by atoms with Gasteiger partial charge in [0.25, 0.3) is 5.56 Å². The minimum Gasteiger partial charge on any atom is -0.493 e. The van der Waals surface area contributed by atoms with E-state index in [0.29, 0.717) is 33.8 Å². The Morgan fingerprint density at radius 2 is 1.67 bits per heavy atom. The molecule has 2 aromatic carbocycles. The highest BCUT2D eigenvalue weighted by atomic mass is 32.1. The molecule has 0 fully saturated rings. The van der Waals surface area contributed by atoms with Gasteiger partial charge in [0.1, 0.15) is 5.52 Å². The van der Waals surface area contributed by atoms with Crippen LogP contribution in [-0.4, -0.2) is 30.9 Å². The van der Waals surface area contributed by atoms with Crippen molar-refractivity contribution in [2.45, 2.75) is 0 Å². The Morgan fingerprint density at radius 3 is 2.25 bits per heavy atom. The van der Waals surface area contributed by atoms with Gasteiger partial charge in [0.05, 0.1) is 32.4 Å². The lowest BCUT2D eigenvalue weighted by molar-refractivity contribution is 0.326. The minimum absolute atomic E-state index is 0.265. The van der Waals surface area contributed by atoms with Crippen molar-refractivity contribution in [2.75, 3.05) is 21.3 Å². The van der Waals surface area contributed by atoms with E-state index in [1.54, 1.807) is 6.07 Å². The van der Waals surface area contributed by atoms with E-state index >= 15 is 0 Å². The highest BCUT2D eigenvalue weighted by molar-refractivity contribution is 7.71. The quantitative estimate of drug-likeness (QED) is 0.737. The molecule has 0 spiro atoms. The van der Waals surface area contributed by atoms with Gasteiger partial charge in [-0.2, -0.15) is 0 Å². The Labute approximate surface area is 143 Å². The van der Waals surface area contributed by atoms with Crippen molar-refractivity contribution in [3.8, 4) is 22.9 Å². The molecule has 0 aliphatic rings. The van der Waals surface area contributed by atoms with Crippen LogP contribution in [0.4, 0.5) is 0 Å². The first-order chi connectivity index (χ1) is 11.6. The summed E-state index contributed by atoms with van der Waals surface area (Å²) in [4.78, 5) is 16.1. The standard InChI is InChI=1S/C17H16N2O4S/c1-21-12-9-11-13(15(23-3)14(12)22-2)18-17(24)19(16(11)20)10-7-5-4-6-8-10/h4-9H,1-3H3,(H,18,24). The molecule has 0 aliphatic heterocycles. The molecule has 3 rings (SSSR count). The molecule has 0 aliphatic carbocycles. The van der Waals surface area contributed by atoms with E-state index in [-0.39, 0.29) is 10.3 Å². The molecule has 0 saturated heterocycles. The molecule has 1 aromatic heterocycles. The summed E-state index contributed by atoms with van der Waals surface area (Å²) in [5.41, 5.74) is 0.885. The second kappa shape index (κ2) is 6.37. The predicted molar refractivity (Wildman–Crippen MR) is 94.4 cm³/mol. The van der Waals surface area contributed by atoms with Crippen LogP contribution in [0.3, 0.4) is 0 Å². The van der Waals surface area contributed by atoms with E-state index in [0.717, 1.165) is 0 Å². The third-order valence-electron chi connectivity index (χ3n) is 3.71. The van der Waals surface area contributed by atoms with Crippen molar-refractivity contribution in [3.63, 3.8) is 0 Å². The predicted octanol–water partition coefficient (Wildman–Crippen LogP) is 3.07. The van der Waals surface area contributed by atoms with Gasteiger partial charge >= 0.3 is 0 Å². The molecule has 0 amide bonds. The fourth-order valence-corrected chi connectivity index (χ4v) is 2.93. The first-order valence-corrected chi connectivity index (χ1v) is 7.56. The average Bonchev–Trinajstić information content (AvgIpc) is 2.61. The first kappa shape index (κ1) is 16.1. The maximum atomic E-state index is 13.0. The van der Waals surface area contributed by atoms with Gasteiger partial charge in [0, 0.05) is 0 Å². The van der Waals surface area contributed by atoms with E-state index < -0.39 is 0 Å². The molecule has 7 heteroatoms. The van der Waals surface area contributed by atoms with Crippen molar-refractivity contribution in [3.05, 3.63) is 51.5 Å². The Bertz CT molecular complexity index is 1010. The maximum absolute atomic E-state index is 13.0. The van der Waals surface area contributed by atoms with Gasteiger partial charge in [0.15, 0.2) is 16.3 Å². The number of nitrogens with one attached hydrogen (secondary N) is 1. The molecule has 0 bridgehead atoms. The van der Waals surface area contributed by atoms with Crippen LogP contribution >= 0.6 is 12.2 Å². The number of aromatic nitrogens is 2. The van der Waals surface area contributed by atoms with Crippen LogP contribution in [0.25, 0.3) is 16.6 Å². The van der Waals surface area contributed by atoms with E-state index in [2.05, 4.69) is 4.98 Å². The summed E-state index contributed by atoms with van der Waals surface area (Å²) in [5.74, 6) is 1.18. The highest BCUT2D eigenvalue weighted by Gasteiger charge is 2.19. The molecule has 0 radical (unpaired) electrons. The van der Waals surface area contributed by atoms with Crippen LogP contribution in [0.2, 0.25) is 0 Å². The second-order valence-corrected chi connectivity index (χ2v) is 5.36. The number of nitrogens with zero attached hydrogens (tertiary/aromatic N) is 1. The van der Waals surface area contributed by atoms with Crippen LogP contribution in [0, 0.1) is 4.77 Å². The van der Waals surface area contributed by atoms with Crippen LogP contribution in [0.5, 0.6) is 17.2 Å². The molecule has 3 aromatic rings. The number of rotatable bonds is 4. The lowest BCUT2D eigenvalue weighted by atomic mass is 10.2. The molecular weight excluding hydrogens is 328 g/mol. The van der Waals surface area contributed by atoms with Gasteiger partial charge in [-0.25, -0.2) is 0 Å². The first-order valence-electron chi connectivity index (χ1n) is 7.15. The zero-order valence-corrected chi connectivity index (χ0v) is 14.3.